The average Bonchev–Trinajstić information content (AvgIpc) is 3.80. The standard InChI is InChI=1S/C41H44N6O10S/c1-6-14-55-41(52)47-29-17-24(3)23(2)16-28(29)38(50)46-13-12-27(20-30(46)39(47)57-35-9-7-8-15-54-35)56-22-34(48)43-33-21-45(4)36(44-33)37(49)42-26-10-11-31-25(18-26)19-32(58-31)40(51)53-5/h6,10-11,16-19,21,27,30,35H,1,7-9,12-15,20,22H2,2-5H3,(H-,42,43,48,49)/p+1/t27-,30+,35?/m1/s1. The first-order valence-electron chi connectivity index (χ1n) is 19.0. The van der Waals surface area contributed by atoms with Crippen LogP contribution in [0.2, 0.25) is 0 Å². The molecule has 0 radical (unpaired) electrons. The van der Waals surface area contributed by atoms with Gasteiger partial charge in [0.25, 0.3) is 17.7 Å². The summed E-state index contributed by atoms with van der Waals surface area (Å²) in [6, 6.07) is 9.79. The SMILES string of the molecule is C=CCOC(=O)[N+]1=C(OC2CCCCO2)[C@@H]2C[C@H](OCC(=O)Nc3cn(C)c(C(=O)Nc4ccc5sc(C(=O)OC)cc5c4)n3)CCN2C(=O)c2cc(C)c(C)cc21. The van der Waals surface area contributed by atoms with Crippen LogP contribution < -0.4 is 10.6 Å². The summed E-state index contributed by atoms with van der Waals surface area (Å²) in [5.74, 6) is -1.32. The van der Waals surface area contributed by atoms with Gasteiger partial charge >= 0.3 is 18.0 Å². The summed E-state index contributed by atoms with van der Waals surface area (Å²) in [4.78, 5) is 73.0. The molecule has 1 unspecified atom stereocenters. The van der Waals surface area contributed by atoms with E-state index < -0.39 is 42.3 Å². The zero-order valence-electron chi connectivity index (χ0n) is 32.7. The van der Waals surface area contributed by atoms with Crippen molar-refractivity contribution in [1.29, 1.82) is 0 Å². The Morgan fingerprint density at radius 3 is 2.66 bits per heavy atom. The monoisotopic (exact) mass is 813 g/mol. The Bertz CT molecular complexity index is 2330. The first-order chi connectivity index (χ1) is 27.9. The Hall–Kier alpha value is -5.91. The molecule has 0 saturated carbocycles. The predicted molar refractivity (Wildman–Crippen MR) is 214 cm³/mol. The molecule has 2 saturated heterocycles. The molecule has 17 heteroatoms. The number of piperidine rings is 1. The van der Waals surface area contributed by atoms with E-state index in [1.807, 2.05) is 13.8 Å². The molecule has 3 aliphatic heterocycles. The van der Waals surface area contributed by atoms with Crippen LogP contribution in [0.3, 0.4) is 0 Å². The lowest BCUT2D eigenvalue weighted by Crippen LogP contribution is -2.54. The summed E-state index contributed by atoms with van der Waals surface area (Å²) in [6.07, 6.45) is 4.08. The van der Waals surface area contributed by atoms with Crippen LogP contribution in [0.25, 0.3) is 10.1 Å². The number of hydrogen-bond donors (Lipinski definition) is 2. The highest BCUT2D eigenvalue weighted by molar-refractivity contribution is 7.20. The van der Waals surface area contributed by atoms with Crippen LogP contribution in [0, 0.1) is 13.8 Å². The number of nitrogens with zero attached hydrogens (tertiary/aromatic N) is 4. The zero-order valence-corrected chi connectivity index (χ0v) is 33.5. The number of thiophene rings is 1. The number of aryl methyl sites for hydroxylation is 3. The summed E-state index contributed by atoms with van der Waals surface area (Å²) >= 11 is 1.29. The van der Waals surface area contributed by atoms with Crippen LogP contribution in [0.5, 0.6) is 0 Å². The maximum absolute atomic E-state index is 14.3. The third kappa shape index (κ3) is 8.51. The Morgan fingerprint density at radius 2 is 1.90 bits per heavy atom. The molecule has 3 atom stereocenters. The van der Waals surface area contributed by atoms with E-state index in [-0.39, 0.29) is 49.6 Å². The quantitative estimate of drug-likeness (QED) is 0.112. The van der Waals surface area contributed by atoms with Gasteiger partial charge in [0.2, 0.25) is 17.8 Å². The zero-order chi connectivity index (χ0) is 41.1. The topological polar surface area (TPSA) is 180 Å². The molecule has 304 valence electrons. The van der Waals surface area contributed by atoms with Crippen LogP contribution >= 0.6 is 11.3 Å². The Balaban J connectivity index is 1.05. The lowest BCUT2D eigenvalue weighted by Gasteiger charge is -2.37. The van der Waals surface area contributed by atoms with Crippen LogP contribution in [-0.2, 0) is 35.5 Å². The molecule has 58 heavy (non-hydrogen) atoms. The van der Waals surface area contributed by atoms with Gasteiger partial charge in [-0.1, -0.05) is 17.2 Å². The maximum Gasteiger partial charge on any atom is 0.605 e. The number of methoxy groups -OCH3 is 1. The smallest absolute Gasteiger partial charge is 0.465 e. The van der Waals surface area contributed by atoms with E-state index in [1.165, 1.54) is 39.9 Å². The van der Waals surface area contributed by atoms with Gasteiger partial charge in [-0.2, -0.15) is 4.79 Å². The van der Waals surface area contributed by atoms with E-state index in [2.05, 4.69) is 22.2 Å². The van der Waals surface area contributed by atoms with Crippen molar-refractivity contribution in [3.8, 4) is 0 Å². The van der Waals surface area contributed by atoms with Gasteiger partial charge in [0.15, 0.2) is 11.9 Å². The van der Waals surface area contributed by atoms with Crippen LogP contribution in [0.15, 0.2) is 55.3 Å². The first kappa shape index (κ1) is 40.3. The van der Waals surface area contributed by atoms with E-state index in [4.69, 9.17) is 23.7 Å². The summed E-state index contributed by atoms with van der Waals surface area (Å²) in [6.45, 7) is 7.85. The normalized spacial score (nSPS) is 19.1. The van der Waals surface area contributed by atoms with Gasteiger partial charge in [-0.15, -0.1) is 11.3 Å². The Morgan fingerprint density at radius 1 is 1.09 bits per heavy atom. The number of rotatable bonds is 10. The molecule has 16 nitrogen and oxygen atoms in total. The molecule has 2 aromatic carbocycles. The molecule has 0 bridgehead atoms. The number of esters is 1. The number of carbonyl (C=O) groups excluding carboxylic acids is 5. The number of anilines is 2. The van der Waals surface area contributed by atoms with Gasteiger partial charge in [-0.3, -0.25) is 14.4 Å². The summed E-state index contributed by atoms with van der Waals surface area (Å²) in [5.41, 5.74) is 2.95. The van der Waals surface area contributed by atoms with Crippen molar-refractivity contribution in [1.82, 2.24) is 14.5 Å². The fourth-order valence-electron chi connectivity index (χ4n) is 7.21. The van der Waals surface area contributed by atoms with Gasteiger partial charge in [-0.05, 0) is 80.0 Å². The predicted octanol–water partition coefficient (Wildman–Crippen LogP) is 5.84. The minimum absolute atomic E-state index is 0.0508. The minimum Gasteiger partial charge on any atom is -0.465 e. The molecule has 2 fully saturated rings. The highest BCUT2D eigenvalue weighted by atomic mass is 32.1. The van der Waals surface area contributed by atoms with Gasteiger partial charge in [0, 0.05) is 49.1 Å². The highest BCUT2D eigenvalue weighted by Gasteiger charge is 2.50. The van der Waals surface area contributed by atoms with Gasteiger partial charge in [0.05, 0.1) is 19.8 Å². The summed E-state index contributed by atoms with van der Waals surface area (Å²) in [5, 5.41) is 6.28. The lowest BCUT2D eigenvalue weighted by atomic mass is 9.97. The number of aromatic nitrogens is 2. The molecule has 4 aromatic rings. The molecule has 3 aliphatic rings. The van der Waals surface area contributed by atoms with Crippen LogP contribution in [0.4, 0.5) is 22.0 Å². The molecule has 2 aromatic heterocycles. The number of carbonyl (C=O) groups is 5. The molecular formula is C41H45N6O10S+. The third-order valence-electron chi connectivity index (χ3n) is 10.3. The average molecular weight is 814 g/mol. The van der Waals surface area contributed by atoms with Crippen molar-refractivity contribution in [2.24, 2.45) is 7.05 Å². The lowest BCUT2D eigenvalue weighted by molar-refractivity contribution is -0.377. The summed E-state index contributed by atoms with van der Waals surface area (Å²) < 4.78 is 32.7. The number of benzene rings is 2. The van der Waals surface area contributed by atoms with Crippen molar-refractivity contribution >= 4 is 74.3 Å². The molecular weight excluding hydrogens is 769 g/mol. The molecule has 4 amide bonds. The van der Waals surface area contributed by atoms with E-state index in [0.29, 0.717) is 41.3 Å². The first-order valence-corrected chi connectivity index (χ1v) is 19.8. The van der Waals surface area contributed by atoms with Crippen LogP contribution in [0.1, 0.15) is 73.9 Å². The number of fused-ring (bicyclic) bond motifs is 3. The van der Waals surface area contributed by atoms with Crippen molar-refractivity contribution in [3.63, 3.8) is 0 Å². The van der Waals surface area contributed by atoms with Crippen molar-refractivity contribution < 1.29 is 52.2 Å². The van der Waals surface area contributed by atoms with Gasteiger partial charge in [0.1, 0.15) is 23.7 Å². The second-order valence-electron chi connectivity index (χ2n) is 14.3. The van der Waals surface area contributed by atoms with E-state index >= 15 is 0 Å². The number of imidazole rings is 1. The number of amides is 4. The molecule has 0 aliphatic carbocycles. The third-order valence-corrected chi connectivity index (χ3v) is 11.4. The van der Waals surface area contributed by atoms with Crippen molar-refractivity contribution in [3.05, 3.63) is 82.6 Å². The Kier molecular flexibility index (Phi) is 12.0. The number of ether oxygens (including phenoxy) is 5. The number of hydrogen-bond acceptors (Lipinski definition) is 12. The Labute approximate surface area is 338 Å². The molecule has 7 rings (SSSR count). The summed E-state index contributed by atoms with van der Waals surface area (Å²) in [7, 11) is 2.95. The fourth-order valence-corrected chi connectivity index (χ4v) is 8.18. The fraction of sp³-hybridized carbons (Fsp3) is 0.390. The van der Waals surface area contributed by atoms with E-state index in [9.17, 15) is 24.0 Å². The molecule has 5 heterocycles. The highest BCUT2D eigenvalue weighted by Crippen LogP contribution is 2.35. The largest absolute Gasteiger partial charge is 0.605 e. The van der Waals surface area contributed by atoms with Gasteiger partial charge in [-0.25, -0.2) is 9.78 Å². The number of nitrogens with one attached hydrogen (secondary N) is 2. The van der Waals surface area contributed by atoms with Crippen molar-refractivity contribution in [2.45, 2.75) is 64.4 Å². The second-order valence-corrected chi connectivity index (χ2v) is 15.4. The van der Waals surface area contributed by atoms with Crippen molar-refractivity contribution in [2.75, 3.05) is 44.1 Å². The maximum atomic E-state index is 14.3. The second kappa shape index (κ2) is 17.3. The molecule has 2 N–H and O–H groups in total. The van der Waals surface area contributed by atoms with Crippen LogP contribution in [-0.4, -0.2) is 107 Å². The minimum atomic E-state index is -0.753. The van der Waals surface area contributed by atoms with E-state index in [0.717, 1.165) is 34.1 Å². The molecule has 0 spiro atoms. The van der Waals surface area contributed by atoms with Gasteiger partial charge < -0.3 is 43.8 Å². The van der Waals surface area contributed by atoms with E-state index in [1.54, 1.807) is 48.3 Å².